The summed E-state index contributed by atoms with van der Waals surface area (Å²) in [6, 6.07) is 3.74. The molecular formula is C31H46N4O9. The molecule has 0 unspecified atom stereocenters. The molecule has 0 aromatic heterocycles. The fraction of sp³-hybridized carbons (Fsp3) is 0.516. The molecule has 0 radical (unpaired) electrons. The maximum Gasteiger partial charge on any atom is 0.407 e. The second-order valence-electron chi connectivity index (χ2n) is 10.7. The minimum atomic E-state index is -1.10. The van der Waals surface area contributed by atoms with Crippen LogP contribution < -0.4 is 26.0 Å². The van der Waals surface area contributed by atoms with Gasteiger partial charge in [0.15, 0.2) is 0 Å². The van der Waals surface area contributed by atoms with Crippen LogP contribution in [0.2, 0.25) is 0 Å². The third kappa shape index (κ3) is 15.1. The van der Waals surface area contributed by atoms with Gasteiger partial charge in [0.25, 0.3) is 0 Å². The molecule has 1 aromatic rings. The summed E-state index contributed by atoms with van der Waals surface area (Å²) in [7, 11) is 2.37. The van der Waals surface area contributed by atoms with Crippen molar-refractivity contribution in [2.45, 2.75) is 76.6 Å². The van der Waals surface area contributed by atoms with Gasteiger partial charge in [-0.15, -0.1) is 6.58 Å². The van der Waals surface area contributed by atoms with E-state index in [1.54, 1.807) is 51.1 Å². The monoisotopic (exact) mass is 618 g/mol. The van der Waals surface area contributed by atoms with Crippen LogP contribution in [0.3, 0.4) is 0 Å². The maximum atomic E-state index is 13.5. The minimum absolute atomic E-state index is 0.0814. The van der Waals surface area contributed by atoms with Crippen molar-refractivity contribution in [2.24, 2.45) is 0 Å². The van der Waals surface area contributed by atoms with E-state index in [-0.39, 0.29) is 25.8 Å². The zero-order valence-electron chi connectivity index (χ0n) is 26.2. The first-order chi connectivity index (χ1) is 20.8. The fourth-order valence-corrected chi connectivity index (χ4v) is 3.84. The molecule has 4 amide bonds. The van der Waals surface area contributed by atoms with E-state index in [9.17, 15) is 24.0 Å². The van der Waals surface area contributed by atoms with Gasteiger partial charge in [0.2, 0.25) is 11.8 Å². The van der Waals surface area contributed by atoms with Crippen molar-refractivity contribution in [1.82, 2.24) is 21.3 Å². The van der Waals surface area contributed by atoms with Gasteiger partial charge < -0.3 is 40.2 Å². The first-order valence-corrected chi connectivity index (χ1v) is 14.3. The standard InChI is InChI=1S/C31H46N4O9/c1-8-12-24(28(38)41-6)34-26(36)23(13-10-11-18-32-29(39)44-31(3,4)5)33-27(37)25(35-30(40)42-7)20-21-14-16-22(17-15-21)43-19-9-2/h8-9,14-17,23-25H,1-2,10-13,18-20H2,3-7H3,(H,32,39)(H,33,37)(H,34,36)(H,35,40)/t23-,24-,25-/m0/s1. The third-order valence-electron chi connectivity index (χ3n) is 5.95. The first-order valence-electron chi connectivity index (χ1n) is 14.3. The topological polar surface area (TPSA) is 170 Å². The van der Waals surface area contributed by atoms with Crippen molar-refractivity contribution in [3.63, 3.8) is 0 Å². The largest absolute Gasteiger partial charge is 0.490 e. The Morgan fingerprint density at radius 3 is 2.02 bits per heavy atom. The third-order valence-corrected chi connectivity index (χ3v) is 5.95. The zero-order valence-corrected chi connectivity index (χ0v) is 26.2. The normalized spacial score (nSPS) is 12.8. The molecule has 1 rings (SSSR count). The van der Waals surface area contributed by atoms with Crippen LogP contribution in [-0.4, -0.2) is 81.1 Å². The molecule has 13 heteroatoms. The van der Waals surface area contributed by atoms with Crippen molar-refractivity contribution in [3.8, 4) is 5.75 Å². The molecule has 0 bridgehead atoms. The van der Waals surface area contributed by atoms with E-state index in [1.165, 1.54) is 20.3 Å². The van der Waals surface area contributed by atoms with Gasteiger partial charge in [-0.05, 0) is 64.2 Å². The van der Waals surface area contributed by atoms with Gasteiger partial charge in [-0.25, -0.2) is 14.4 Å². The Bertz CT molecular complexity index is 1120. The van der Waals surface area contributed by atoms with Crippen molar-refractivity contribution in [2.75, 3.05) is 27.4 Å². The van der Waals surface area contributed by atoms with E-state index in [2.05, 4.69) is 34.4 Å². The van der Waals surface area contributed by atoms with Crippen LogP contribution in [-0.2, 0) is 35.0 Å². The molecule has 0 heterocycles. The van der Waals surface area contributed by atoms with E-state index in [1.807, 2.05) is 0 Å². The smallest absolute Gasteiger partial charge is 0.407 e. The highest BCUT2D eigenvalue weighted by Gasteiger charge is 2.30. The van der Waals surface area contributed by atoms with E-state index >= 15 is 0 Å². The number of benzene rings is 1. The number of esters is 1. The van der Waals surface area contributed by atoms with E-state index in [0.29, 0.717) is 30.8 Å². The molecule has 0 fully saturated rings. The molecule has 3 atom stereocenters. The molecule has 0 aliphatic heterocycles. The van der Waals surface area contributed by atoms with E-state index < -0.39 is 53.7 Å². The van der Waals surface area contributed by atoms with Crippen molar-refractivity contribution < 1.29 is 42.9 Å². The first kappa shape index (κ1) is 37.5. The highest BCUT2D eigenvalue weighted by Crippen LogP contribution is 2.14. The molecule has 0 aliphatic carbocycles. The molecule has 0 saturated heterocycles. The van der Waals surface area contributed by atoms with Crippen molar-refractivity contribution in [1.29, 1.82) is 0 Å². The van der Waals surface area contributed by atoms with Crippen molar-refractivity contribution in [3.05, 3.63) is 55.1 Å². The number of unbranched alkanes of at least 4 members (excludes halogenated alkanes) is 1. The lowest BCUT2D eigenvalue weighted by molar-refractivity contribution is -0.145. The number of hydrogen-bond acceptors (Lipinski definition) is 9. The van der Waals surface area contributed by atoms with Crippen LogP contribution in [0.25, 0.3) is 0 Å². The van der Waals surface area contributed by atoms with Gasteiger partial charge in [-0.3, -0.25) is 9.59 Å². The summed E-state index contributed by atoms with van der Waals surface area (Å²) in [5, 5.41) is 10.4. The number of ether oxygens (including phenoxy) is 4. The lowest BCUT2D eigenvalue weighted by Crippen LogP contribution is -2.56. The van der Waals surface area contributed by atoms with Gasteiger partial charge in [0.05, 0.1) is 14.2 Å². The Hall–Kier alpha value is -4.55. The predicted octanol–water partition coefficient (Wildman–Crippen LogP) is 2.93. The Kier molecular flexibility index (Phi) is 16.7. The molecule has 0 aliphatic rings. The Morgan fingerprint density at radius 1 is 0.818 bits per heavy atom. The summed E-state index contributed by atoms with van der Waals surface area (Å²) in [5.41, 5.74) is 0.0633. The van der Waals surface area contributed by atoms with Gasteiger partial charge in [0.1, 0.15) is 36.1 Å². The molecule has 13 nitrogen and oxygen atoms in total. The lowest BCUT2D eigenvalue weighted by Gasteiger charge is -2.25. The number of methoxy groups -OCH3 is 2. The van der Waals surface area contributed by atoms with Gasteiger partial charge in [0, 0.05) is 13.0 Å². The molecule has 4 N–H and O–H groups in total. The second-order valence-corrected chi connectivity index (χ2v) is 10.7. The molecule has 0 saturated carbocycles. The number of carbonyl (C=O) groups excluding carboxylic acids is 5. The Balaban J connectivity index is 3.06. The predicted molar refractivity (Wildman–Crippen MR) is 164 cm³/mol. The summed E-state index contributed by atoms with van der Waals surface area (Å²) < 4.78 is 20.2. The summed E-state index contributed by atoms with van der Waals surface area (Å²) in [6.07, 6.45) is 2.91. The number of alkyl carbamates (subject to hydrolysis) is 2. The summed E-state index contributed by atoms with van der Waals surface area (Å²) in [5.74, 6) is -1.34. The fourth-order valence-electron chi connectivity index (χ4n) is 3.84. The van der Waals surface area contributed by atoms with Gasteiger partial charge >= 0.3 is 18.2 Å². The van der Waals surface area contributed by atoms with Crippen LogP contribution in [0, 0.1) is 0 Å². The van der Waals surface area contributed by atoms with Crippen LogP contribution in [0.5, 0.6) is 5.75 Å². The van der Waals surface area contributed by atoms with Crippen LogP contribution in [0.15, 0.2) is 49.6 Å². The maximum absolute atomic E-state index is 13.5. The van der Waals surface area contributed by atoms with Gasteiger partial charge in [-0.2, -0.15) is 0 Å². The van der Waals surface area contributed by atoms with Gasteiger partial charge in [-0.1, -0.05) is 30.9 Å². The number of carbonyl (C=O) groups is 5. The zero-order chi connectivity index (χ0) is 33.1. The molecule has 1 aromatic carbocycles. The SMILES string of the molecule is C=CCOc1ccc(C[C@H](NC(=O)OC)C(=O)N[C@@H](CCCCNC(=O)OC(C)(C)C)C(=O)N[C@@H](CC=C)C(=O)OC)cc1. The number of rotatable bonds is 18. The molecule has 244 valence electrons. The number of amides is 4. The average Bonchev–Trinajstić information content (AvgIpc) is 2.97. The van der Waals surface area contributed by atoms with Crippen LogP contribution >= 0.6 is 0 Å². The second kappa shape index (κ2) is 19.6. The molecule has 0 spiro atoms. The number of nitrogens with one attached hydrogen (secondary N) is 4. The van der Waals surface area contributed by atoms with E-state index in [4.69, 9.17) is 18.9 Å². The summed E-state index contributed by atoms with van der Waals surface area (Å²) in [4.78, 5) is 63.0. The van der Waals surface area contributed by atoms with Crippen LogP contribution in [0.4, 0.5) is 9.59 Å². The van der Waals surface area contributed by atoms with Crippen molar-refractivity contribution >= 4 is 30.0 Å². The minimum Gasteiger partial charge on any atom is -0.490 e. The summed E-state index contributed by atoms with van der Waals surface area (Å²) in [6.45, 7) is 13.1. The van der Waals surface area contributed by atoms with Crippen LogP contribution in [0.1, 0.15) is 52.0 Å². The molecule has 44 heavy (non-hydrogen) atoms. The Morgan fingerprint density at radius 2 is 1.45 bits per heavy atom. The Labute approximate surface area is 259 Å². The molecular weight excluding hydrogens is 572 g/mol. The number of hydrogen-bond donors (Lipinski definition) is 4. The van der Waals surface area contributed by atoms with E-state index in [0.717, 1.165) is 0 Å². The average molecular weight is 619 g/mol. The lowest BCUT2D eigenvalue weighted by atomic mass is 10.0. The highest BCUT2D eigenvalue weighted by atomic mass is 16.6. The highest BCUT2D eigenvalue weighted by molar-refractivity contribution is 5.93. The summed E-state index contributed by atoms with van der Waals surface area (Å²) >= 11 is 0. The quantitative estimate of drug-likeness (QED) is 0.0836.